The Morgan fingerprint density at radius 1 is 1.10 bits per heavy atom. The molecule has 0 aromatic heterocycles. The Bertz CT molecular complexity index is 1110. The second kappa shape index (κ2) is 7.46. The van der Waals surface area contributed by atoms with E-state index in [0.29, 0.717) is 31.7 Å². The molecule has 146 valence electrons. The van der Waals surface area contributed by atoms with Gasteiger partial charge in [-0.1, -0.05) is 54.3 Å². The number of hydrogen-bond acceptors (Lipinski definition) is 5. The first-order chi connectivity index (χ1) is 13.9. The highest BCUT2D eigenvalue weighted by molar-refractivity contribution is 8.26. The van der Waals surface area contributed by atoms with E-state index in [1.54, 1.807) is 37.4 Å². The molecule has 0 bridgehead atoms. The van der Waals surface area contributed by atoms with Gasteiger partial charge in [0.05, 0.1) is 16.2 Å². The van der Waals surface area contributed by atoms with Crippen molar-refractivity contribution < 1.29 is 14.4 Å². The summed E-state index contributed by atoms with van der Waals surface area (Å²) in [6, 6.07) is 14.6. The first-order valence-corrected chi connectivity index (χ1v) is 10.1. The molecule has 3 amide bonds. The molecule has 6 nitrogen and oxygen atoms in total. The summed E-state index contributed by atoms with van der Waals surface area (Å²) in [5.41, 5.74) is 3.23. The summed E-state index contributed by atoms with van der Waals surface area (Å²) in [5, 5.41) is 2.82. The Hall–Kier alpha value is -2.97. The summed E-state index contributed by atoms with van der Waals surface area (Å²) in [5.74, 6) is -0.994. The van der Waals surface area contributed by atoms with Crippen LogP contribution in [0.1, 0.15) is 11.1 Å². The summed E-state index contributed by atoms with van der Waals surface area (Å²) in [4.78, 5) is 41.4. The maximum atomic E-state index is 13.2. The Kier molecular flexibility index (Phi) is 4.97. The fourth-order valence-corrected chi connectivity index (χ4v) is 4.57. The number of hydrogen-bond donors (Lipinski definition) is 1. The Morgan fingerprint density at radius 3 is 2.55 bits per heavy atom. The molecule has 0 radical (unpaired) electrons. The van der Waals surface area contributed by atoms with Gasteiger partial charge in [0, 0.05) is 18.3 Å². The van der Waals surface area contributed by atoms with Crippen LogP contribution in [0.25, 0.3) is 5.57 Å². The summed E-state index contributed by atoms with van der Waals surface area (Å²) >= 11 is 6.31. The molecule has 2 aliphatic rings. The van der Waals surface area contributed by atoms with Gasteiger partial charge in [0.25, 0.3) is 11.8 Å². The largest absolute Gasteiger partial charge is 0.325 e. The molecule has 29 heavy (non-hydrogen) atoms. The number of thiocarbonyl (C=S) groups is 1. The van der Waals surface area contributed by atoms with Crippen LogP contribution in [-0.2, 0) is 14.4 Å². The first-order valence-electron chi connectivity index (χ1n) is 8.88. The topological polar surface area (TPSA) is 69.7 Å². The van der Waals surface area contributed by atoms with Gasteiger partial charge in [-0.2, -0.15) is 0 Å². The zero-order valence-electron chi connectivity index (χ0n) is 15.8. The number of carbonyl (C=O) groups is 3. The zero-order chi connectivity index (χ0) is 20.7. The number of benzene rings is 2. The molecule has 1 saturated heterocycles. The van der Waals surface area contributed by atoms with E-state index in [0.717, 1.165) is 17.3 Å². The summed E-state index contributed by atoms with van der Waals surface area (Å²) in [6.07, 6.45) is 0. The lowest BCUT2D eigenvalue weighted by molar-refractivity contribution is -0.121. The van der Waals surface area contributed by atoms with Gasteiger partial charge in [-0.15, -0.1) is 0 Å². The van der Waals surface area contributed by atoms with Crippen molar-refractivity contribution in [2.24, 2.45) is 0 Å². The number of amides is 3. The first kappa shape index (κ1) is 19.4. The Balaban J connectivity index is 1.66. The van der Waals surface area contributed by atoms with Gasteiger partial charge >= 0.3 is 0 Å². The van der Waals surface area contributed by atoms with Crippen LogP contribution in [0.15, 0.2) is 53.4 Å². The zero-order valence-corrected chi connectivity index (χ0v) is 17.4. The predicted octanol–water partition coefficient (Wildman–Crippen LogP) is 3.18. The molecule has 0 spiro atoms. The van der Waals surface area contributed by atoms with Crippen LogP contribution in [0.2, 0.25) is 0 Å². The van der Waals surface area contributed by atoms with E-state index in [4.69, 9.17) is 12.2 Å². The average Bonchev–Trinajstić information content (AvgIpc) is 3.10. The fraction of sp³-hybridized carbons (Fsp3) is 0.143. The minimum Gasteiger partial charge on any atom is -0.325 e. The minimum atomic E-state index is -0.375. The van der Waals surface area contributed by atoms with Crippen LogP contribution in [0.4, 0.5) is 11.4 Å². The molecule has 2 aliphatic heterocycles. The number of nitrogens with zero attached hydrogens (tertiary/aromatic N) is 2. The number of carbonyl (C=O) groups excluding carboxylic acids is 3. The Morgan fingerprint density at radius 2 is 1.86 bits per heavy atom. The molecule has 2 aromatic carbocycles. The lowest BCUT2D eigenvalue weighted by atomic mass is 10.1. The SMILES string of the molecule is Cc1cccc(NC(=O)CN2C(=O)C(=C3SC(=S)N(C)C3=O)c3ccccc32)c1. The maximum absolute atomic E-state index is 13.2. The third kappa shape index (κ3) is 3.45. The van der Waals surface area contributed by atoms with E-state index in [1.807, 2.05) is 25.1 Å². The van der Waals surface area contributed by atoms with Crippen LogP contribution in [0, 0.1) is 6.92 Å². The van der Waals surface area contributed by atoms with E-state index in [2.05, 4.69) is 5.32 Å². The van der Waals surface area contributed by atoms with Crippen LogP contribution >= 0.6 is 24.0 Å². The highest BCUT2D eigenvalue weighted by Gasteiger charge is 2.41. The minimum absolute atomic E-state index is 0.153. The van der Waals surface area contributed by atoms with Crippen molar-refractivity contribution in [2.45, 2.75) is 6.92 Å². The van der Waals surface area contributed by atoms with Crippen LogP contribution in [0.3, 0.4) is 0 Å². The third-order valence-electron chi connectivity index (χ3n) is 4.72. The smallest absolute Gasteiger partial charge is 0.266 e. The standard InChI is InChI=1S/C21H17N3O3S2/c1-12-6-5-7-13(10-12)22-16(25)11-24-15-9-4-3-8-14(15)17(19(24)26)18-20(27)23(2)21(28)29-18/h3-10H,11H2,1-2H3,(H,22,25). The second-order valence-electron chi connectivity index (χ2n) is 6.76. The van der Waals surface area contributed by atoms with Crippen molar-refractivity contribution in [3.8, 4) is 0 Å². The number of nitrogens with one attached hydrogen (secondary N) is 1. The fourth-order valence-electron chi connectivity index (χ4n) is 3.32. The van der Waals surface area contributed by atoms with Crippen molar-refractivity contribution in [3.05, 3.63) is 64.6 Å². The summed E-state index contributed by atoms with van der Waals surface area (Å²) < 4.78 is 0.401. The van der Waals surface area contributed by atoms with E-state index >= 15 is 0 Å². The van der Waals surface area contributed by atoms with Gasteiger partial charge in [-0.25, -0.2) is 0 Å². The van der Waals surface area contributed by atoms with Crippen molar-refractivity contribution in [2.75, 3.05) is 23.8 Å². The number of fused-ring (bicyclic) bond motifs is 1. The van der Waals surface area contributed by atoms with Gasteiger partial charge in [0.2, 0.25) is 5.91 Å². The number of aryl methyl sites for hydroxylation is 1. The quantitative estimate of drug-likeness (QED) is 0.607. The highest BCUT2D eigenvalue weighted by Crippen LogP contribution is 2.44. The van der Waals surface area contributed by atoms with E-state index in [-0.39, 0.29) is 24.3 Å². The van der Waals surface area contributed by atoms with Crippen LogP contribution < -0.4 is 10.2 Å². The van der Waals surface area contributed by atoms with Gasteiger partial charge in [0.15, 0.2) is 0 Å². The van der Waals surface area contributed by atoms with Crippen LogP contribution in [0.5, 0.6) is 0 Å². The van der Waals surface area contributed by atoms with Crippen LogP contribution in [-0.4, -0.2) is 40.5 Å². The Labute approximate surface area is 177 Å². The third-order valence-corrected chi connectivity index (χ3v) is 6.27. The molecule has 0 atom stereocenters. The average molecular weight is 424 g/mol. The van der Waals surface area contributed by atoms with Crippen molar-refractivity contribution in [1.29, 1.82) is 0 Å². The molecule has 0 unspecified atom stereocenters. The molecule has 0 saturated carbocycles. The lowest BCUT2D eigenvalue weighted by Gasteiger charge is -2.17. The lowest BCUT2D eigenvalue weighted by Crippen LogP contribution is -2.35. The van der Waals surface area contributed by atoms with Gasteiger partial charge < -0.3 is 5.32 Å². The number of rotatable bonds is 3. The summed E-state index contributed by atoms with van der Waals surface area (Å²) in [6.45, 7) is 1.78. The molecule has 2 heterocycles. The number of likely N-dealkylation sites (N-methyl/N-ethyl adjacent to an activating group) is 1. The van der Waals surface area contributed by atoms with Gasteiger partial charge in [-0.05, 0) is 30.7 Å². The van der Waals surface area contributed by atoms with Gasteiger partial charge in [-0.3, -0.25) is 24.2 Å². The molecule has 4 rings (SSSR count). The van der Waals surface area contributed by atoms with Crippen molar-refractivity contribution in [3.63, 3.8) is 0 Å². The maximum Gasteiger partial charge on any atom is 0.266 e. The normalized spacial score (nSPS) is 18.5. The molecule has 2 aromatic rings. The second-order valence-corrected chi connectivity index (χ2v) is 8.41. The van der Waals surface area contributed by atoms with Crippen molar-refractivity contribution >= 4 is 63.0 Å². The van der Waals surface area contributed by atoms with E-state index in [1.165, 1.54) is 9.80 Å². The highest BCUT2D eigenvalue weighted by atomic mass is 32.2. The number of para-hydroxylation sites is 1. The molecular weight excluding hydrogens is 406 g/mol. The monoisotopic (exact) mass is 423 g/mol. The molecule has 8 heteroatoms. The summed E-state index contributed by atoms with van der Waals surface area (Å²) in [7, 11) is 1.59. The van der Waals surface area contributed by atoms with Crippen molar-refractivity contribution in [1.82, 2.24) is 4.90 Å². The number of thioether (sulfide) groups is 1. The molecule has 1 N–H and O–H groups in total. The van der Waals surface area contributed by atoms with E-state index in [9.17, 15) is 14.4 Å². The predicted molar refractivity (Wildman–Crippen MR) is 118 cm³/mol. The number of anilines is 2. The van der Waals surface area contributed by atoms with Gasteiger partial charge in [0.1, 0.15) is 10.9 Å². The molecule has 0 aliphatic carbocycles. The molecular formula is C21H17N3O3S2. The molecule has 1 fully saturated rings. The van der Waals surface area contributed by atoms with E-state index < -0.39 is 0 Å².